The van der Waals surface area contributed by atoms with Gasteiger partial charge >= 0.3 is 0 Å². The molecule has 3 fully saturated rings. The molecule has 0 bridgehead atoms. The van der Waals surface area contributed by atoms with Gasteiger partial charge in [0, 0.05) is 6.42 Å². The van der Waals surface area contributed by atoms with Crippen molar-refractivity contribution in [1.82, 2.24) is 5.32 Å². The highest BCUT2D eigenvalue weighted by Gasteiger charge is 2.53. The summed E-state index contributed by atoms with van der Waals surface area (Å²) in [7, 11) is 0. The number of aliphatic hydroxyl groups is 11. The molecule has 19 nitrogen and oxygen atoms in total. The Morgan fingerprint density at radius 2 is 0.875 bits per heavy atom. The number of carbonyl (C=O) groups excluding carboxylic acids is 1. The Hall–Kier alpha value is -1.73. The van der Waals surface area contributed by atoms with Gasteiger partial charge in [-0.2, -0.15) is 0 Å². The van der Waals surface area contributed by atoms with Crippen LogP contribution < -0.4 is 5.32 Å². The molecule has 0 radical (unpaired) electrons. The Balaban J connectivity index is 1.55. The van der Waals surface area contributed by atoms with Crippen LogP contribution in [0.5, 0.6) is 0 Å². The van der Waals surface area contributed by atoms with Crippen molar-refractivity contribution < 1.29 is 89.4 Å². The van der Waals surface area contributed by atoms with Gasteiger partial charge in [-0.3, -0.25) is 4.79 Å². The smallest absolute Gasteiger partial charge is 0.220 e. The summed E-state index contributed by atoms with van der Waals surface area (Å²) in [5.41, 5.74) is 0. The minimum atomic E-state index is -1.98. The van der Waals surface area contributed by atoms with Crippen LogP contribution in [0.1, 0.15) is 174 Å². The minimum Gasteiger partial charge on any atom is -0.394 e. The summed E-state index contributed by atoms with van der Waals surface area (Å²) in [4.78, 5) is 13.2. The van der Waals surface area contributed by atoms with Gasteiger partial charge in [-0.25, -0.2) is 0 Å². The Morgan fingerprint density at radius 3 is 1.36 bits per heavy atom. The number of allylic oxidation sites excluding steroid dienone is 3. The molecule has 3 heterocycles. The Kier molecular flexibility index (Phi) is 34.0. The average molecular weight is 1040 g/mol. The summed E-state index contributed by atoms with van der Waals surface area (Å²) in [5, 5.41) is 120. The number of aliphatic hydroxyl groups excluding tert-OH is 11. The lowest BCUT2D eigenvalue weighted by atomic mass is 9.96. The average Bonchev–Trinajstić information content (AvgIpc) is 3.37. The predicted molar refractivity (Wildman–Crippen MR) is 268 cm³/mol. The molecular weight excluding hydrogens is 939 g/mol. The molecule has 1 amide bonds. The van der Waals surface area contributed by atoms with E-state index in [1.807, 2.05) is 6.08 Å². The van der Waals surface area contributed by atoms with E-state index in [0.717, 1.165) is 64.2 Å². The fourth-order valence-corrected chi connectivity index (χ4v) is 9.36. The van der Waals surface area contributed by atoms with Crippen molar-refractivity contribution in [3.63, 3.8) is 0 Å². The molecule has 0 spiro atoms. The largest absolute Gasteiger partial charge is 0.394 e. The summed E-state index contributed by atoms with van der Waals surface area (Å²) in [5.74, 6) is -0.287. The second-order valence-electron chi connectivity index (χ2n) is 20.0. The lowest BCUT2D eigenvalue weighted by Crippen LogP contribution is -2.66. The quantitative estimate of drug-likeness (QED) is 0.0311. The van der Waals surface area contributed by atoms with Crippen molar-refractivity contribution in [3.05, 3.63) is 24.3 Å². The molecule has 0 aromatic carbocycles. The van der Waals surface area contributed by atoms with E-state index in [1.54, 1.807) is 6.08 Å². The van der Waals surface area contributed by atoms with E-state index in [4.69, 9.17) is 28.4 Å². The van der Waals surface area contributed by atoms with Gasteiger partial charge in [-0.05, 0) is 44.9 Å². The third-order valence-electron chi connectivity index (χ3n) is 14.0. The van der Waals surface area contributed by atoms with Gasteiger partial charge in [-0.15, -0.1) is 0 Å². The van der Waals surface area contributed by atoms with Crippen molar-refractivity contribution in [3.8, 4) is 0 Å². The lowest BCUT2D eigenvalue weighted by molar-refractivity contribution is -0.379. The summed E-state index contributed by atoms with van der Waals surface area (Å²) < 4.78 is 34.1. The summed E-state index contributed by atoms with van der Waals surface area (Å²) in [6.07, 6.45) is 8.82. The fraction of sp³-hybridized carbons (Fsp3) is 0.906. The molecule has 3 saturated heterocycles. The normalized spacial score (nSPS) is 32.2. The number of ether oxygens (including phenoxy) is 6. The number of hydrogen-bond acceptors (Lipinski definition) is 18. The molecule has 0 aromatic heterocycles. The van der Waals surface area contributed by atoms with Gasteiger partial charge in [0.25, 0.3) is 0 Å². The first-order chi connectivity index (χ1) is 34.8. The van der Waals surface area contributed by atoms with Crippen molar-refractivity contribution in [2.24, 2.45) is 0 Å². The number of nitrogens with one attached hydrogen (secondary N) is 1. The molecule has 3 aliphatic heterocycles. The molecular formula is C53H97NO18. The van der Waals surface area contributed by atoms with Crippen molar-refractivity contribution in [2.45, 2.75) is 279 Å². The summed E-state index contributed by atoms with van der Waals surface area (Å²) >= 11 is 0. The zero-order valence-electron chi connectivity index (χ0n) is 43.4. The second kappa shape index (κ2) is 37.9. The lowest BCUT2D eigenvalue weighted by Gasteiger charge is -2.48. The third kappa shape index (κ3) is 22.9. The van der Waals surface area contributed by atoms with Crippen LogP contribution in [0.15, 0.2) is 24.3 Å². The van der Waals surface area contributed by atoms with Crippen LogP contribution in [-0.2, 0) is 33.2 Å². The monoisotopic (exact) mass is 1040 g/mol. The van der Waals surface area contributed by atoms with Crippen molar-refractivity contribution in [1.29, 1.82) is 0 Å². The maximum atomic E-state index is 13.2. The SMILES string of the molecule is CCCCCC/C=C\CCCCCCCC(=O)NC(COC1OC(CO)C(OC2OC(CO)C(OC3OC(CO)C(O)C(O)C3O)C(O)C2O)C(O)C1O)C(O)/C=C/CCCCCCCCCCCCCC. The van der Waals surface area contributed by atoms with Gasteiger partial charge < -0.3 is 89.9 Å². The predicted octanol–water partition coefficient (Wildman–Crippen LogP) is 3.20. The zero-order valence-corrected chi connectivity index (χ0v) is 43.4. The van der Waals surface area contributed by atoms with E-state index < -0.39 is 124 Å². The highest BCUT2D eigenvalue weighted by Crippen LogP contribution is 2.33. The summed E-state index contributed by atoms with van der Waals surface area (Å²) in [6, 6.07) is -0.972. The topological polar surface area (TPSA) is 307 Å². The first-order valence-corrected chi connectivity index (χ1v) is 27.6. The van der Waals surface area contributed by atoms with E-state index in [-0.39, 0.29) is 18.9 Å². The first kappa shape index (κ1) is 64.6. The molecule has 19 heteroatoms. The molecule has 3 aliphatic rings. The molecule has 72 heavy (non-hydrogen) atoms. The minimum absolute atomic E-state index is 0.234. The zero-order chi connectivity index (χ0) is 52.7. The molecule has 12 N–H and O–H groups in total. The van der Waals surface area contributed by atoms with E-state index in [9.17, 15) is 61.0 Å². The second-order valence-corrected chi connectivity index (χ2v) is 20.0. The number of carbonyl (C=O) groups is 1. The van der Waals surface area contributed by atoms with Gasteiger partial charge in [0.15, 0.2) is 18.9 Å². The van der Waals surface area contributed by atoms with E-state index in [2.05, 4.69) is 31.3 Å². The standard InChI is InChI=1S/C53H97NO18/c1-3-5-7-9-11-13-15-17-19-20-22-24-26-28-30-37(58)36(54-41(59)31-29-27-25-23-21-18-16-14-12-10-8-6-4-2)35-67-51-47(65)44(62)49(39(33-56)69-51)72-53-48(66)45(63)50(40(34-57)70-53)71-52-46(64)43(61)42(60)38(32-55)68-52/h14,16,28,30,36-40,42-53,55-58,60-66H,3-13,15,17-27,29,31-35H2,1-2H3,(H,54,59)/b16-14-,30-28+. The van der Waals surface area contributed by atoms with E-state index in [1.165, 1.54) is 83.5 Å². The number of hydrogen-bond donors (Lipinski definition) is 12. The number of rotatable bonds is 39. The number of amides is 1. The van der Waals surface area contributed by atoms with E-state index >= 15 is 0 Å². The molecule has 17 atom stereocenters. The van der Waals surface area contributed by atoms with Gasteiger partial charge in [0.2, 0.25) is 5.91 Å². The Bertz CT molecular complexity index is 1430. The van der Waals surface area contributed by atoms with Crippen LogP contribution in [0, 0.1) is 0 Å². The van der Waals surface area contributed by atoms with Gasteiger partial charge in [0.1, 0.15) is 73.2 Å². The van der Waals surface area contributed by atoms with E-state index in [0.29, 0.717) is 6.42 Å². The Morgan fingerprint density at radius 1 is 0.486 bits per heavy atom. The van der Waals surface area contributed by atoms with Crippen LogP contribution >= 0.6 is 0 Å². The molecule has 0 saturated carbocycles. The van der Waals surface area contributed by atoms with Crippen LogP contribution in [0.2, 0.25) is 0 Å². The molecule has 0 aliphatic carbocycles. The first-order valence-electron chi connectivity index (χ1n) is 27.6. The molecule has 3 rings (SSSR count). The molecule has 17 unspecified atom stereocenters. The highest BCUT2D eigenvalue weighted by atomic mass is 16.8. The summed E-state index contributed by atoms with van der Waals surface area (Å²) in [6.45, 7) is 1.67. The van der Waals surface area contributed by atoms with Gasteiger partial charge in [0.05, 0.1) is 38.6 Å². The highest BCUT2D eigenvalue weighted by molar-refractivity contribution is 5.76. The van der Waals surface area contributed by atoms with Crippen LogP contribution in [0.25, 0.3) is 0 Å². The van der Waals surface area contributed by atoms with Crippen LogP contribution in [-0.4, -0.2) is 193 Å². The fourth-order valence-electron chi connectivity index (χ4n) is 9.36. The van der Waals surface area contributed by atoms with Crippen LogP contribution in [0.3, 0.4) is 0 Å². The third-order valence-corrected chi connectivity index (χ3v) is 14.0. The molecule has 422 valence electrons. The Labute approximate surface area is 428 Å². The van der Waals surface area contributed by atoms with Gasteiger partial charge in [-0.1, -0.05) is 147 Å². The van der Waals surface area contributed by atoms with Crippen molar-refractivity contribution in [2.75, 3.05) is 26.4 Å². The van der Waals surface area contributed by atoms with Crippen LogP contribution in [0.4, 0.5) is 0 Å². The maximum absolute atomic E-state index is 13.2. The number of unbranched alkanes of at least 4 members (excludes halogenated alkanes) is 21. The molecule has 0 aromatic rings. The van der Waals surface area contributed by atoms with Crippen molar-refractivity contribution >= 4 is 5.91 Å². The maximum Gasteiger partial charge on any atom is 0.220 e.